The molecular formula is C12H12N4O4. The number of amidine groups is 1. The van der Waals surface area contributed by atoms with E-state index in [-0.39, 0.29) is 24.6 Å². The first kappa shape index (κ1) is 13.5. The van der Waals surface area contributed by atoms with Crippen molar-refractivity contribution in [3.05, 3.63) is 35.7 Å². The fourth-order valence-corrected chi connectivity index (χ4v) is 1.56. The average Bonchev–Trinajstić information content (AvgIpc) is 2.93. The molecule has 0 aliphatic rings. The second-order valence-electron chi connectivity index (χ2n) is 3.97. The number of aromatic nitrogens is 2. The first-order valence-corrected chi connectivity index (χ1v) is 5.73. The Bertz CT molecular complexity index is 650. The molecule has 0 atom stereocenters. The van der Waals surface area contributed by atoms with Crippen LogP contribution in [0.15, 0.2) is 33.9 Å². The second-order valence-corrected chi connectivity index (χ2v) is 3.97. The zero-order chi connectivity index (χ0) is 14.5. The van der Waals surface area contributed by atoms with Crippen LogP contribution in [0.3, 0.4) is 0 Å². The highest BCUT2D eigenvalue weighted by Gasteiger charge is 2.11. The van der Waals surface area contributed by atoms with Crippen LogP contribution in [0.5, 0.6) is 0 Å². The lowest BCUT2D eigenvalue weighted by Crippen LogP contribution is -2.12. The fraction of sp³-hybridized carbons (Fsp3) is 0.167. The number of carboxylic acids is 1. The molecule has 0 fully saturated rings. The topological polar surface area (TPSA) is 135 Å². The molecule has 1 aromatic carbocycles. The minimum absolute atomic E-state index is 0.0264. The lowest BCUT2D eigenvalue weighted by molar-refractivity contribution is -0.137. The molecule has 0 amide bonds. The maximum atomic E-state index is 10.5. The van der Waals surface area contributed by atoms with Crippen molar-refractivity contribution in [2.45, 2.75) is 12.8 Å². The Morgan fingerprint density at radius 2 is 2.25 bits per heavy atom. The summed E-state index contributed by atoms with van der Waals surface area (Å²) in [7, 11) is 0. The van der Waals surface area contributed by atoms with Gasteiger partial charge in [0, 0.05) is 17.5 Å². The summed E-state index contributed by atoms with van der Waals surface area (Å²) < 4.78 is 4.96. The maximum Gasteiger partial charge on any atom is 0.303 e. The van der Waals surface area contributed by atoms with E-state index in [0.29, 0.717) is 17.0 Å². The van der Waals surface area contributed by atoms with E-state index in [9.17, 15) is 4.79 Å². The average molecular weight is 276 g/mol. The van der Waals surface area contributed by atoms with Crippen molar-refractivity contribution in [1.82, 2.24) is 10.1 Å². The molecule has 8 heteroatoms. The number of carboxylic acid groups (broad SMARTS) is 1. The molecule has 1 aromatic heterocycles. The molecule has 0 aliphatic carbocycles. The van der Waals surface area contributed by atoms with Gasteiger partial charge >= 0.3 is 5.97 Å². The first-order chi connectivity index (χ1) is 9.60. The molecular weight excluding hydrogens is 264 g/mol. The van der Waals surface area contributed by atoms with Crippen molar-refractivity contribution in [1.29, 1.82) is 0 Å². The summed E-state index contributed by atoms with van der Waals surface area (Å²) in [6.45, 7) is 0. The first-order valence-electron chi connectivity index (χ1n) is 5.73. The minimum Gasteiger partial charge on any atom is -0.481 e. The molecule has 104 valence electrons. The van der Waals surface area contributed by atoms with Gasteiger partial charge in [-0.15, -0.1) is 0 Å². The van der Waals surface area contributed by atoms with Crippen LogP contribution in [-0.4, -0.2) is 32.3 Å². The number of aliphatic carboxylic acids is 1. The van der Waals surface area contributed by atoms with Crippen molar-refractivity contribution in [3.8, 4) is 11.4 Å². The summed E-state index contributed by atoms with van der Waals surface area (Å²) in [5.41, 5.74) is 6.64. The van der Waals surface area contributed by atoms with Crippen molar-refractivity contribution in [2.24, 2.45) is 10.9 Å². The zero-order valence-electron chi connectivity index (χ0n) is 10.4. The largest absolute Gasteiger partial charge is 0.481 e. The van der Waals surface area contributed by atoms with Gasteiger partial charge in [0.1, 0.15) is 0 Å². The van der Waals surface area contributed by atoms with Gasteiger partial charge in [-0.25, -0.2) is 0 Å². The quantitative estimate of drug-likeness (QED) is 0.319. The van der Waals surface area contributed by atoms with Gasteiger partial charge in [-0.05, 0) is 6.07 Å². The molecule has 1 heterocycles. The SMILES string of the molecule is N/C(=N\O)c1cccc(-c2noc(CCC(=O)O)n2)c1. The Morgan fingerprint density at radius 3 is 2.95 bits per heavy atom. The molecule has 0 saturated heterocycles. The molecule has 8 nitrogen and oxygen atoms in total. The summed E-state index contributed by atoms with van der Waals surface area (Å²) in [6.07, 6.45) is 0.0913. The van der Waals surface area contributed by atoms with Crippen LogP contribution in [0.1, 0.15) is 17.9 Å². The van der Waals surface area contributed by atoms with Crippen LogP contribution in [0.25, 0.3) is 11.4 Å². The molecule has 0 radical (unpaired) electrons. The number of oxime groups is 1. The van der Waals surface area contributed by atoms with Gasteiger partial charge in [0.05, 0.1) is 6.42 Å². The number of nitrogens with zero attached hydrogens (tertiary/aromatic N) is 3. The van der Waals surface area contributed by atoms with E-state index in [2.05, 4.69) is 15.3 Å². The van der Waals surface area contributed by atoms with Gasteiger partial charge in [-0.2, -0.15) is 4.98 Å². The summed E-state index contributed by atoms with van der Waals surface area (Å²) in [4.78, 5) is 14.6. The number of benzene rings is 1. The molecule has 0 spiro atoms. The summed E-state index contributed by atoms with van der Waals surface area (Å²) >= 11 is 0. The van der Waals surface area contributed by atoms with Crippen LogP contribution in [0.2, 0.25) is 0 Å². The van der Waals surface area contributed by atoms with Gasteiger partial charge in [-0.3, -0.25) is 4.79 Å². The Labute approximate surface area is 113 Å². The van der Waals surface area contributed by atoms with E-state index < -0.39 is 5.97 Å². The van der Waals surface area contributed by atoms with Crippen molar-refractivity contribution < 1.29 is 19.6 Å². The number of carbonyl (C=O) groups is 1. The van der Waals surface area contributed by atoms with Crippen LogP contribution in [0.4, 0.5) is 0 Å². The number of hydrogen-bond acceptors (Lipinski definition) is 6. The standard InChI is InChI=1S/C12H12N4O4/c13-11(15-19)7-2-1-3-8(6-7)12-14-9(20-16-12)4-5-10(17)18/h1-3,6,19H,4-5H2,(H2,13,15)(H,17,18). The molecule has 20 heavy (non-hydrogen) atoms. The molecule has 4 N–H and O–H groups in total. The summed E-state index contributed by atoms with van der Waals surface area (Å²) in [5, 5.41) is 23.9. The highest BCUT2D eigenvalue weighted by atomic mass is 16.5. The van der Waals surface area contributed by atoms with Crippen LogP contribution in [0, 0.1) is 0 Å². The zero-order valence-corrected chi connectivity index (χ0v) is 10.4. The Balaban J connectivity index is 2.21. The Kier molecular flexibility index (Phi) is 3.94. The van der Waals surface area contributed by atoms with Gasteiger partial charge in [0.2, 0.25) is 11.7 Å². The van der Waals surface area contributed by atoms with E-state index >= 15 is 0 Å². The van der Waals surface area contributed by atoms with E-state index in [1.54, 1.807) is 24.3 Å². The third-order valence-electron chi connectivity index (χ3n) is 2.55. The molecule has 0 unspecified atom stereocenters. The highest BCUT2D eigenvalue weighted by molar-refractivity contribution is 5.97. The second kappa shape index (κ2) is 5.83. The van der Waals surface area contributed by atoms with Crippen LogP contribution in [-0.2, 0) is 11.2 Å². The number of nitrogens with two attached hydrogens (primary N) is 1. The van der Waals surface area contributed by atoms with Gasteiger partial charge in [-0.1, -0.05) is 28.5 Å². The van der Waals surface area contributed by atoms with Crippen molar-refractivity contribution in [3.63, 3.8) is 0 Å². The molecule has 0 aliphatic heterocycles. The van der Waals surface area contributed by atoms with E-state index in [0.717, 1.165) is 0 Å². The monoisotopic (exact) mass is 276 g/mol. The van der Waals surface area contributed by atoms with E-state index in [4.69, 9.17) is 20.6 Å². The van der Waals surface area contributed by atoms with Crippen LogP contribution >= 0.6 is 0 Å². The number of rotatable bonds is 5. The maximum absolute atomic E-state index is 10.5. The predicted molar refractivity (Wildman–Crippen MR) is 68.2 cm³/mol. The highest BCUT2D eigenvalue weighted by Crippen LogP contribution is 2.17. The number of hydrogen-bond donors (Lipinski definition) is 3. The fourth-order valence-electron chi connectivity index (χ4n) is 1.56. The lowest BCUT2D eigenvalue weighted by atomic mass is 10.1. The normalized spacial score (nSPS) is 11.5. The summed E-state index contributed by atoms with van der Waals surface area (Å²) in [6, 6.07) is 6.75. The van der Waals surface area contributed by atoms with E-state index in [1.165, 1.54) is 0 Å². The van der Waals surface area contributed by atoms with Crippen molar-refractivity contribution in [2.75, 3.05) is 0 Å². The van der Waals surface area contributed by atoms with Crippen LogP contribution < -0.4 is 5.73 Å². The predicted octanol–water partition coefficient (Wildman–Crippen LogP) is 0.848. The lowest BCUT2D eigenvalue weighted by Gasteiger charge is -1.99. The minimum atomic E-state index is -0.932. The third-order valence-corrected chi connectivity index (χ3v) is 2.55. The van der Waals surface area contributed by atoms with Gasteiger partial charge in [0.15, 0.2) is 5.84 Å². The summed E-state index contributed by atoms with van der Waals surface area (Å²) in [5.74, 6) is -0.394. The molecule has 2 rings (SSSR count). The van der Waals surface area contributed by atoms with E-state index in [1.807, 2.05) is 0 Å². The van der Waals surface area contributed by atoms with Gasteiger partial charge < -0.3 is 20.6 Å². The van der Waals surface area contributed by atoms with Gasteiger partial charge in [0.25, 0.3) is 0 Å². The number of aryl methyl sites for hydroxylation is 1. The smallest absolute Gasteiger partial charge is 0.303 e. The molecule has 0 bridgehead atoms. The third kappa shape index (κ3) is 3.10. The van der Waals surface area contributed by atoms with Crippen molar-refractivity contribution >= 4 is 11.8 Å². The Hall–Kier alpha value is -2.90. The molecule has 0 saturated carbocycles. The Morgan fingerprint density at radius 1 is 1.45 bits per heavy atom. The molecule has 2 aromatic rings.